The van der Waals surface area contributed by atoms with Crippen molar-refractivity contribution in [2.24, 2.45) is 5.14 Å². The van der Waals surface area contributed by atoms with Gasteiger partial charge in [-0.3, -0.25) is 4.79 Å². The molecule has 0 aliphatic heterocycles. The van der Waals surface area contributed by atoms with Crippen LogP contribution in [-0.2, 0) is 10.0 Å². The molecule has 0 bridgehead atoms. The van der Waals surface area contributed by atoms with Crippen LogP contribution in [0.5, 0.6) is 0 Å². The summed E-state index contributed by atoms with van der Waals surface area (Å²) in [6, 6.07) is 1.31. The lowest BCUT2D eigenvalue weighted by Crippen LogP contribution is -2.12. The average molecular weight is 191 g/mol. The summed E-state index contributed by atoms with van der Waals surface area (Å²) < 4.78 is 21.4. The van der Waals surface area contributed by atoms with Gasteiger partial charge in [-0.15, -0.1) is 11.3 Å². The summed E-state index contributed by atoms with van der Waals surface area (Å²) in [5.74, 6) is 0. The van der Waals surface area contributed by atoms with Gasteiger partial charge in [0.2, 0.25) is 10.0 Å². The van der Waals surface area contributed by atoms with E-state index in [1.54, 1.807) is 0 Å². The average Bonchev–Trinajstić information content (AvgIpc) is 2.31. The Hall–Kier alpha value is -0.720. The fourth-order valence-corrected chi connectivity index (χ4v) is 2.39. The van der Waals surface area contributed by atoms with E-state index in [0.29, 0.717) is 6.29 Å². The predicted octanol–water partition coefficient (Wildman–Crippen LogP) is 0.208. The first-order valence-corrected chi connectivity index (χ1v) is 5.04. The molecule has 6 heteroatoms. The molecule has 60 valence electrons. The van der Waals surface area contributed by atoms with Crippen molar-refractivity contribution in [3.05, 3.63) is 16.3 Å². The third-order valence-corrected chi connectivity index (χ3v) is 3.01. The molecule has 0 amide bonds. The standard InChI is InChI=1S/C5H5NO3S2/c6-11(8,9)5-1-2-10-4(5)3-7/h1-3H,(H2,6,8,9). The Kier molecular flexibility index (Phi) is 2.08. The van der Waals surface area contributed by atoms with Gasteiger partial charge in [-0.1, -0.05) is 0 Å². The molecule has 0 atom stereocenters. The molecule has 2 N–H and O–H groups in total. The van der Waals surface area contributed by atoms with Crippen molar-refractivity contribution >= 4 is 27.6 Å². The van der Waals surface area contributed by atoms with Crippen molar-refractivity contribution in [3.8, 4) is 0 Å². The molecular weight excluding hydrogens is 186 g/mol. The summed E-state index contributed by atoms with van der Waals surface area (Å²) in [4.78, 5) is 10.3. The number of primary sulfonamides is 1. The van der Waals surface area contributed by atoms with Crippen molar-refractivity contribution in [1.29, 1.82) is 0 Å². The van der Waals surface area contributed by atoms with Gasteiger partial charge in [-0.25, -0.2) is 13.6 Å². The zero-order valence-corrected chi connectivity index (χ0v) is 6.98. The van der Waals surface area contributed by atoms with E-state index in [2.05, 4.69) is 0 Å². The number of sulfonamides is 1. The second-order valence-electron chi connectivity index (χ2n) is 1.81. The van der Waals surface area contributed by atoms with E-state index < -0.39 is 10.0 Å². The molecule has 11 heavy (non-hydrogen) atoms. The third-order valence-electron chi connectivity index (χ3n) is 1.07. The Bertz CT molecular complexity index is 365. The minimum absolute atomic E-state index is 0.0995. The zero-order chi connectivity index (χ0) is 8.48. The first-order chi connectivity index (χ1) is 5.05. The van der Waals surface area contributed by atoms with Gasteiger partial charge >= 0.3 is 0 Å². The van der Waals surface area contributed by atoms with Gasteiger partial charge in [-0.05, 0) is 11.4 Å². The van der Waals surface area contributed by atoms with Crippen LogP contribution >= 0.6 is 11.3 Å². The molecule has 0 fully saturated rings. The molecule has 0 aliphatic carbocycles. The third kappa shape index (κ3) is 1.65. The van der Waals surface area contributed by atoms with E-state index in [1.807, 2.05) is 0 Å². The molecule has 4 nitrogen and oxygen atoms in total. The maximum Gasteiger partial charge on any atom is 0.239 e. The molecule has 0 radical (unpaired) electrons. The van der Waals surface area contributed by atoms with Gasteiger partial charge in [0.1, 0.15) is 4.90 Å². The zero-order valence-electron chi connectivity index (χ0n) is 5.35. The van der Waals surface area contributed by atoms with E-state index in [9.17, 15) is 13.2 Å². The largest absolute Gasteiger partial charge is 0.297 e. The lowest BCUT2D eigenvalue weighted by atomic mass is 10.5. The normalized spacial score (nSPS) is 11.4. The minimum Gasteiger partial charge on any atom is -0.297 e. The highest BCUT2D eigenvalue weighted by Gasteiger charge is 2.13. The van der Waals surface area contributed by atoms with Gasteiger partial charge in [0.15, 0.2) is 6.29 Å². The van der Waals surface area contributed by atoms with E-state index in [4.69, 9.17) is 5.14 Å². The Morgan fingerprint density at radius 1 is 1.55 bits per heavy atom. The van der Waals surface area contributed by atoms with Gasteiger partial charge < -0.3 is 0 Å². The molecule has 0 aromatic carbocycles. The van der Waals surface area contributed by atoms with Gasteiger partial charge in [0.05, 0.1) is 4.88 Å². The number of nitrogens with two attached hydrogens (primary N) is 1. The number of aldehydes is 1. The number of thiophene rings is 1. The summed E-state index contributed by atoms with van der Waals surface area (Å²) in [5, 5.41) is 6.30. The molecule has 1 heterocycles. The Morgan fingerprint density at radius 2 is 2.18 bits per heavy atom. The molecular formula is C5H5NO3S2. The number of rotatable bonds is 2. The molecule has 1 aromatic heterocycles. The van der Waals surface area contributed by atoms with Crippen molar-refractivity contribution in [3.63, 3.8) is 0 Å². The molecule has 1 aromatic rings. The SMILES string of the molecule is NS(=O)(=O)c1ccsc1C=O. The van der Waals surface area contributed by atoms with Crippen molar-refractivity contribution in [2.75, 3.05) is 0 Å². The van der Waals surface area contributed by atoms with Crippen molar-refractivity contribution in [1.82, 2.24) is 0 Å². The van der Waals surface area contributed by atoms with Gasteiger partial charge in [0.25, 0.3) is 0 Å². The second-order valence-corrected chi connectivity index (χ2v) is 4.29. The van der Waals surface area contributed by atoms with E-state index in [1.165, 1.54) is 11.4 Å². The highest BCUT2D eigenvalue weighted by atomic mass is 32.2. The molecule has 0 spiro atoms. The first kappa shape index (κ1) is 8.38. The molecule has 0 aliphatic rings. The lowest BCUT2D eigenvalue weighted by molar-refractivity contribution is 0.112. The van der Waals surface area contributed by atoms with Crippen LogP contribution in [0.3, 0.4) is 0 Å². The fraction of sp³-hybridized carbons (Fsp3) is 0. The van der Waals surface area contributed by atoms with Crippen molar-refractivity contribution < 1.29 is 13.2 Å². The van der Waals surface area contributed by atoms with E-state index >= 15 is 0 Å². The molecule has 0 saturated carbocycles. The summed E-state index contributed by atoms with van der Waals surface area (Å²) in [6.07, 6.45) is 0.477. The van der Waals surface area contributed by atoms with E-state index in [0.717, 1.165) is 11.3 Å². The molecule has 0 unspecified atom stereocenters. The van der Waals surface area contributed by atoms with Crippen LogP contribution in [0.1, 0.15) is 9.67 Å². The highest BCUT2D eigenvalue weighted by Crippen LogP contribution is 2.17. The van der Waals surface area contributed by atoms with Crippen LogP contribution in [0.4, 0.5) is 0 Å². The Morgan fingerprint density at radius 3 is 2.55 bits per heavy atom. The second kappa shape index (κ2) is 2.72. The number of carbonyl (C=O) groups is 1. The topological polar surface area (TPSA) is 77.2 Å². The summed E-state index contributed by atoms with van der Waals surface area (Å²) >= 11 is 1.05. The summed E-state index contributed by atoms with van der Waals surface area (Å²) in [6.45, 7) is 0. The van der Waals surface area contributed by atoms with Crippen LogP contribution in [0.2, 0.25) is 0 Å². The van der Waals surface area contributed by atoms with Crippen LogP contribution in [0, 0.1) is 0 Å². The van der Waals surface area contributed by atoms with Crippen LogP contribution in [0.15, 0.2) is 16.3 Å². The molecule has 1 rings (SSSR count). The number of carbonyl (C=O) groups excluding carboxylic acids is 1. The number of hydrogen-bond donors (Lipinski definition) is 1. The minimum atomic E-state index is -3.72. The lowest BCUT2D eigenvalue weighted by Gasteiger charge is -1.91. The van der Waals surface area contributed by atoms with Gasteiger partial charge in [0, 0.05) is 0 Å². The van der Waals surface area contributed by atoms with Gasteiger partial charge in [-0.2, -0.15) is 0 Å². The first-order valence-electron chi connectivity index (χ1n) is 2.61. The predicted molar refractivity (Wildman–Crippen MR) is 41.1 cm³/mol. The summed E-state index contributed by atoms with van der Waals surface area (Å²) in [5.41, 5.74) is 0. The van der Waals surface area contributed by atoms with Crippen LogP contribution in [0.25, 0.3) is 0 Å². The Labute approximate surface area is 67.7 Å². The van der Waals surface area contributed by atoms with E-state index in [-0.39, 0.29) is 9.77 Å². The van der Waals surface area contributed by atoms with Crippen molar-refractivity contribution in [2.45, 2.75) is 4.90 Å². The van der Waals surface area contributed by atoms with Crippen LogP contribution < -0.4 is 5.14 Å². The summed E-state index contributed by atoms with van der Waals surface area (Å²) in [7, 11) is -3.72. The monoisotopic (exact) mass is 191 g/mol. The maximum atomic E-state index is 10.7. The Balaban J connectivity index is 3.35. The van der Waals surface area contributed by atoms with Crippen LogP contribution in [-0.4, -0.2) is 14.7 Å². The molecule has 0 saturated heterocycles. The number of hydrogen-bond acceptors (Lipinski definition) is 4. The maximum absolute atomic E-state index is 10.7. The quantitative estimate of drug-likeness (QED) is 0.679. The fourth-order valence-electron chi connectivity index (χ4n) is 0.630. The smallest absolute Gasteiger partial charge is 0.239 e. The highest BCUT2D eigenvalue weighted by molar-refractivity contribution is 7.89.